The number of hydrogen-bond donors (Lipinski definition) is 1. The number of halogens is 1. The van der Waals surface area contributed by atoms with Crippen LogP contribution in [0, 0.1) is 0 Å². The lowest BCUT2D eigenvalue weighted by atomic mass is 9.95. The third-order valence-corrected chi connectivity index (χ3v) is 5.79. The monoisotopic (exact) mass is 412 g/mol. The lowest BCUT2D eigenvalue weighted by Gasteiger charge is -2.31. The van der Waals surface area contributed by atoms with E-state index in [9.17, 15) is 9.59 Å². The van der Waals surface area contributed by atoms with Gasteiger partial charge in [0.15, 0.2) is 0 Å². The lowest BCUT2D eigenvalue weighted by Crippen LogP contribution is -2.50. The SMILES string of the molecule is CC(C(=O)NC1CCCCC1)N(Cc1cccc(Cl)c1)C(=O)Cc1ccccc1. The van der Waals surface area contributed by atoms with Gasteiger partial charge in [0.2, 0.25) is 11.8 Å². The van der Waals surface area contributed by atoms with E-state index in [1.807, 2.05) is 55.5 Å². The van der Waals surface area contributed by atoms with Crippen molar-refractivity contribution >= 4 is 23.4 Å². The average molecular weight is 413 g/mol. The first-order valence-corrected chi connectivity index (χ1v) is 10.8. The highest BCUT2D eigenvalue weighted by Crippen LogP contribution is 2.19. The van der Waals surface area contributed by atoms with Crippen molar-refractivity contribution in [2.24, 2.45) is 0 Å². The second-order valence-electron chi connectivity index (χ2n) is 7.83. The van der Waals surface area contributed by atoms with Crippen molar-refractivity contribution in [3.63, 3.8) is 0 Å². The van der Waals surface area contributed by atoms with Crippen molar-refractivity contribution in [3.05, 3.63) is 70.7 Å². The molecule has 0 radical (unpaired) electrons. The topological polar surface area (TPSA) is 49.4 Å². The van der Waals surface area contributed by atoms with Crippen molar-refractivity contribution in [2.45, 2.75) is 64.1 Å². The minimum atomic E-state index is -0.549. The van der Waals surface area contributed by atoms with Gasteiger partial charge >= 0.3 is 0 Å². The van der Waals surface area contributed by atoms with Gasteiger partial charge in [-0.25, -0.2) is 0 Å². The zero-order valence-corrected chi connectivity index (χ0v) is 17.7. The van der Waals surface area contributed by atoms with Gasteiger partial charge < -0.3 is 10.2 Å². The first kappa shape index (κ1) is 21.4. The van der Waals surface area contributed by atoms with E-state index in [-0.39, 0.29) is 24.3 Å². The quantitative estimate of drug-likeness (QED) is 0.713. The standard InChI is InChI=1S/C24H29ClN2O2/c1-18(24(29)26-22-13-6-3-7-14-22)27(17-20-11-8-12-21(25)15-20)23(28)16-19-9-4-2-5-10-19/h2,4-5,8-12,15,18,22H,3,6-7,13-14,16-17H2,1H3,(H,26,29). The molecule has 1 aliphatic rings. The van der Waals surface area contributed by atoms with Crippen LogP contribution < -0.4 is 5.32 Å². The summed E-state index contributed by atoms with van der Waals surface area (Å²) in [5.74, 6) is -0.150. The number of nitrogens with one attached hydrogen (secondary N) is 1. The van der Waals surface area contributed by atoms with Gasteiger partial charge in [-0.15, -0.1) is 0 Å². The Morgan fingerprint density at radius 3 is 2.41 bits per heavy atom. The Kier molecular flexibility index (Phi) is 7.70. The first-order valence-electron chi connectivity index (χ1n) is 10.4. The highest BCUT2D eigenvalue weighted by atomic mass is 35.5. The number of nitrogens with zero attached hydrogens (tertiary/aromatic N) is 1. The van der Waals surface area contributed by atoms with Gasteiger partial charge in [0.05, 0.1) is 6.42 Å². The van der Waals surface area contributed by atoms with Gasteiger partial charge in [-0.3, -0.25) is 9.59 Å². The van der Waals surface area contributed by atoms with Crippen molar-refractivity contribution in [3.8, 4) is 0 Å². The summed E-state index contributed by atoms with van der Waals surface area (Å²) in [6.45, 7) is 2.16. The first-order chi connectivity index (χ1) is 14.0. The molecule has 1 N–H and O–H groups in total. The van der Waals surface area contributed by atoms with Crippen LogP contribution in [0.1, 0.15) is 50.2 Å². The predicted octanol–water partition coefficient (Wildman–Crippen LogP) is 4.75. The minimum absolute atomic E-state index is 0.0672. The molecule has 0 bridgehead atoms. The van der Waals surface area contributed by atoms with Crippen molar-refractivity contribution in [2.75, 3.05) is 0 Å². The van der Waals surface area contributed by atoms with Gasteiger partial charge in [-0.05, 0) is 43.0 Å². The molecular formula is C24H29ClN2O2. The van der Waals surface area contributed by atoms with E-state index < -0.39 is 6.04 Å². The molecule has 1 atom stereocenters. The molecule has 5 heteroatoms. The van der Waals surface area contributed by atoms with E-state index in [1.165, 1.54) is 6.42 Å². The molecule has 1 saturated carbocycles. The third kappa shape index (κ3) is 6.33. The van der Waals surface area contributed by atoms with Crippen LogP contribution >= 0.6 is 11.6 Å². The Hall–Kier alpha value is -2.33. The summed E-state index contributed by atoms with van der Waals surface area (Å²) < 4.78 is 0. The Bertz CT molecular complexity index is 819. The summed E-state index contributed by atoms with van der Waals surface area (Å²) in [4.78, 5) is 27.8. The van der Waals surface area contributed by atoms with Gasteiger partial charge in [0.1, 0.15) is 6.04 Å². The van der Waals surface area contributed by atoms with Crippen LogP contribution in [0.4, 0.5) is 0 Å². The third-order valence-electron chi connectivity index (χ3n) is 5.56. The van der Waals surface area contributed by atoms with Crippen molar-refractivity contribution < 1.29 is 9.59 Å². The molecule has 0 saturated heterocycles. The number of rotatable bonds is 7. The summed E-state index contributed by atoms with van der Waals surface area (Å²) in [7, 11) is 0. The number of benzene rings is 2. The highest BCUT2D eigenvalue weighted by molar-refractivity contribution is 6.30. The van der Waals surface area contributed by atoms with E-state index in [2.05, 4.69) is 5.32 Å². The molecule has 154 valence electrons. The van der Waals surface area contributed by atoms with Gasteiger partial charge in [-0.2, -0.15) is 0 Å². The van der Waals surface area contributed by atoms with E-state index in [0.717, 1.165) is 36.8 Å². The molecule has 1 fully saturated rings. The van der Waals surface area contributed by atoms with Crippen molar-refractivity contribution in [1.29, 1.82) is 0 Å². The van der Waals surface area contributed by atoms with Crippen LogP contribution in [-0.2, 0) is 22.6 Å². The van der Waals surface area contributed by atoms with Crippen LogP contribution in [0.2, 0.25) is 5.02 Å². The normalized spacial score (nSPS) is 15.5. The predicted molar refractivity (Wildman–Crippen MR) is 117 cm³/mol. The zero-order valence-electron chi connectivity index (χ0n) is 16.9. The molecule has 2 aromatic carbocycles. The largest absolute Gasteiger partial charge is 0.352 e. The van der Waals surface area contributed by atoms with Crippen LogP contribution in [0.3, 0.4) is 0 Å². The molecule has 1 unspecified atom stereocenters. The summed E-state index contributed by atoms with van der Waals surface area (Å²) in [6.07, 6.45) is 5.84. The van der Waals surface area contributed by atoms with Gasteiger partial charge in [0.25, 0.3) is 0 Å². The van der Waals surface area contributed by atoms with Crippen LogP contribution in [0.5, 0.6) is 0 Å². The number of hydrogen-bond acceptors (Lipinski definition) is 2. The zero-order chi connectivity index (χ0) is 20.6. The molecular weight excluding hydrogens is 384 g/mol. The number of amides is 2. The lowest BCUT2D eigenvalue weighted by molar-refractivity contribution is -0.140. The summed E-state index contributed by atoms with van der Waals surface area (Å²) >= 11 is 6.13. The van der Waals surface area contributed by atoms with Crippen LogP contribution in [0.15, 0.2) is 54.6 Å². The molecule has 4 nitrogen and oxygen atoms in total. The average Bonchev–Trinajstić information content (AvgIpc) is 2.73. The summed E-state index contributed by atoms with van der Waals surface area (Å²) in [5, 5.41) is 3.78. The van der Waals surface area contributed by atoms with Crippen molar-refractivity contribution in [1.82, 2.24) is 10.2 Å². The Balaban J connectivity index is 1.74. The summed E-state index contributed by atoms with van der Waals surface area (Å²) in [6, 6.07) is 16.7. The molecule has 0 spiro atoms. The van der Waals surface area contributed by atoms with Gasteiger partial charge in [0, 0.05) is 17.6 Å². The van der Waals surface area contributed by atoms with Crippen LogP contribution in [-0.4, -0.2) is 28.8 Å². The summed E-state index contributed by atoms with van der Waals surface area (Å²) in [5.41, 5.74) is 1.85. The van der Waals surface area contributed by atoms with Gasteiger partial charge in [-0.1, -0.05) is 73.3 Å². The fraction of sp³-hybridized carbons (Fsp3) is 0.417. The molecule has 1 aliphatic carbocycles. The Morgan fingerprint density at radius 2 is 1.72 bits per heavy atom. The molecule has 2 aromatic rings. The molecule has 0 aliphatic heterocycles. The second-order valence-corrected chi connectivity index (χ2v) is 8.27. The number of carbonyl (C=O) groups excluding carboxylic acids is 2. The van der Waals surface area contributed by atoms with E-state index in [0.29, 0.717) is 11.6 Å². The molecule has 0 heterocycles. The molecule has 29 heavy (non-hydrogen) atoms. The number of carbonyl (C=O) groups is 2. The second kappa shape index (κ2) is 10.4. The fourth-order valence-electron chi connectivity index (χ4n) is 3.86. The fourth-order valence-corrected chi connectivity index (χ4v) is 4.07. The van der Waals surface area contributed by atoms with Crippen LogP contribution in [0.25, 0.3) is 0 Å². The molecule has 0 aromatic heterocycles. The Morgan fingerprint density at radius 1 is 1.03 bits per heavy atom. The minimum Gasteiger partial charge on any atom is -0.352 e. The van der Waals surface area contributed by atoms with E-state index in [1.54, 1.807) is 11.0 Å². The van der Waals surface area contributed by atoms with E-state index in [4.69, 9.17) is 11.6 Å². The smallest absolute Gasteiger partial charge is 0.242 e. The molecule has 3 rings (SSSR count). The maximum Gasteiger partial charge on any atom is 0.242 e. The highest BCUT2D eigenvalue weighted by Gasteiger charge is 2.28. The molecule has 2 amide bonds. The maximum absolute atomic E-state index is 13.2. The van der Waals surface area contributed by atoms with E-state index >= 15 is 0 Å². The maximum atomic E-state index is 13.2. The Labute approximate surface area is 178 Å².